The van der Waals surface area contributed by atoms with Gasteiger partial charge < -0.3 is 20.4 Å². The number of rotatable bonds is 14. The molecule has 0 aromatic heterocycles. The highest BCUT2D eigenvalue weighted by Gasteiger charge is 2.34. The minimum atomic E-state index is -2.99. The van der Waals surface area contributed by atoms with E-state index in [1.54, 1.807) is 6.92 Å². The van der Waals surface area contributed by atoms with Crippen LogP contribution in [0.2, 0.25) is 0 Å². The van der Waals surface area contributed by atoms with Gasteiger partial charge in [-0.3, -0.25) is 0 Å². The molecule has 0 rings (SSSR count). The number of hydrogen-bond acceptors (Lipinski definition) is 4. The van der Waals surface area contributed by atoms with Gasteiger partial charge in [0, 0.05) is 0 Å². The summed E-state index contributed by atoms with van der Waals surface area (Å²) in [5, 5.41) is 36.5. The number of aliphatic hydroxyl groups excluding tert-OH is 1. The Labute approximate surface area is 149 Å². The van der Waals surface area contributed by atoms with Crippen LogP contribution in [0, 0.1) is 23.7 Å². The first-order valence-corrected chi connectivity index (χ1v) is 9.89. The Kier molecular flexibility index (Phi) is 12.2. The summed E-state index contributed by atoms with van der Waals surface area (Å²) in [6.07, 6.45) is 9.00. The van der Waals surface area contributed by atoms with Crippen LogP contribution >= 0.6 is 0 Å². The molecule has 4 heteroatoms. The number of hydrogen-bond donors (Lipinski definition) is 4. The summed E-state index contributed by atoms with van der Waals surface area (Å²) in [6, 6.07) is 0. The van der Waals surface area contributed by atoms with Crippen molar-refractivity contribution in [2.45, 2.75) is 104 Å². The van der Waals surface area contributed by atoms with E-state index in [1.807, 2.05) is 0 Å². The molecule has 146 valence electrons. The van der Waals surface area contributed by atoms with Crippen molar-refractivity contribution in [2.75, 3.05) is 0 Å². The molecule has 0 spiro atoms. The fourth-order valence-corrected chi connectivity index (χ4v) is 3.31. The largest absolute Gasteiger partial charge is 0.384 e. The van der Waals surface area contributed by atoms with Crippen molar-refractivity contribution in [3.05, 3.63) is 0 Å². The Morgan fingerprint density at radius 3 is 1.38 bits per heavy atom. The molecule has 24 heavy (non-hydrogen) atoms. The predicted molar refractivity (Wildman–Crippen MR) is 99.3 cm³/mol. The van der Waals surface area contributed by atoms with E-state index < -0.39 is 12.1 Å². The van der Waals surface area contributed by atoms with Crippen molar-refractivity contribution in [2.24, 2.45) is 23.7 Å². The standard InChI is InChI=1S/C20H42O4/c1-15(2)9-6-10-16(3)11-7-12-17(4)13-8-14-18(5)19(21)20(22,23)24/h15-19,21-24H,6-14H2,1-5H3. The monoisotopic (exact) mass is 346 g/mol. The molecule has 0 amide bonds. The third kappa shape index (κ3) is 12.2. The topological polar surface area (TPSA) is 80.9 Å². The summed E-state index contributed by atoms with van der Waals surface area (Å²) >= 11 is 0. The highest BCUT2D eigenvalue weighted by atomic mass is 16.7. The van der Waals surface area contributed by atoms with Gasteiger partial charge in [0.25, 0.3) is 0 Å². The summed E-state index contributed by atoms with van der Waals surface area (Å²) in [5.41, 5.74) is 0. The highest BCUT2D eigenvalue weighted by molar-refractivity contribution is 4.71. The molecule has 4 nitrogen and oxygen atoms in total. The Bertz CT molecular complexity index is 299. The van der Waals surface area contributed by atoms with E-state index in [1.165, 1.54) is 38.5 Å². The van der Waals surface area contributed by atoms with E-state index in [2.05, 4.69) is 27.7 Å². The molecule has 0 heterocycles. The Morgan fingerprint density at radius 1 is 0.625 bits per heavy atom. The summed E-state index contributed by atoms with van der Waals surface area (Å²) in [7, 11) is 0. The van der Waals surface area contributed by atoms with Crippen molar-refractivity contribution < 1.29 is 20.4 Å². The summed E-state index contributed by atoms with van der Waals surface area (Å²) < 4.78 is 0. The lowest BCUT2D eigenvalue weighted by molar-refractivity contribution is -0.362. The van der Waals surface area contributed by atoms with Gasteiger partial charge in [-0.1, -0.05) is 86.0 Å². The van der Waals surface area contributed by atoms with Crippen molar-refractivity contribution in [3.63, 3.8) is 0 Å². The lowest BCUT2D eigenvalue weighted by Gasteiger charge is -2.26. The lowest BCUT2D eigenvalue weighted by atomic mass is 9.90. The van der Waals surface area contributed by atoms with Gasteiger partial charge in [0.05, 0.1) is 0 Å². The van der Waals surface area contributed by atoms with Crippen molar-refractivity contribution in [1.29, 1.82) is 0 Å². The van der Waals surface area contributed by atoms with E-state index in [0.29, 0.717) is 12.3 Å². The van der Waals surface area contributed by atoms with Crippen molar-refractivity contribution in [3.8, 4) is 0 Å². The summed E-state index contributed by atoms with van der Waals surface area (Å²) in [4.78, 5) is 0. The molecule has 0 fully saturated rings. The molecule has 0 saturated carbocycles. The summed E-state index contributed by atoms with van der Waals surface area (Å²) in [5.74, 6) is -1.04. The first-order chi connectivity index (χ1) is 11.0. The molecule has 0 aromatic carbocycles. The van der Waals surface area contributed by atoms with E-state index in [9.17, 15) is 5.11 Å². The van der Waals surface area contributed by atoms with Crippen LogP contribution in [-0.2, 0) is 0 Å². The lowest BCUT2D eigenvalue weighted by Crippen LogP contribution is -2.45. The van der Waals surface area contributed by atoms with Gasteiger partial charge in [-0.2, -0.15) is 0 Å². The maximum atomic E-state index is 9.58. The molecule has 4 N–H and O–H groups in total. The molecule has 4 atom stereocenters. The zero-order valence-corrected chi connectivity index (χ0v) is 16.5. The van der Waals surface area contributed by atoms with Gasteiger partial charge in [-0.05, 0) is 30.1 Å². The molecule has 4 unspecified atom stereocenters. The second-order valence-electron chi connectivity index (χ2n) is 8.51. The maximum Gasteiger partial charge on any atom is 0.303 e. The molecular formula is C20H42O4. The third-order valence-electron chi connectivity index (χ3n) is 5.16. The van der Waals surface area contributed by atoms with Crippen LogP contribution in [0.25, 0.3) is 0 Å². The fraction of sp³-hybridized carbons (Fsp3) is 1.00. The smallest absolute Gasteiger partial charge is 0.303 e. The third-order valence-corrected chi connectivity index (χ3v) is 5.16. The quantitative estimate of drug-likeness (QED) is 0.358. The van der Waals surface area contributed by atoms with E-state index in [4.69, 9.17) is 15.3 Å². The van der Waals surface area contributed by atoms with Crippen LogP contribution in [0.15, 0.2) is 0 Å². The molecule has 0 aliphatic rings. The Balaban J connectivity index is 3.71. The van der Waals surface area contributed by atoms with Crippen LogP contribution in [0.5, 0.6) is 0 Å². The van der Waals surface area contributed by atoms with Crippen LogP contribution in [0.1, 0.15) is 92.4 Å². The van der Waals surface area contributed by atoms with E-state index >= 15 is 0 Å². The van der Waals surface area contributed by atoms with Crippen LogP contribution in [0.4, 0.5) is 0 Å². The molecule has 0 bridgehead atoms. The average Bonchev–Trinajstić information content (AvgIpc) is 2.44. The minimum absolute atomic E-state index is 0.335. The van der Waals surface area contributed by atoms with Gasteiger partial charge in [0.2, 0.25) is 0 Å². The Morgan fingerprint density at radius 2 is 1.00 bits per heavy atom. The van der Waals surface area contributed by atoms with E-state index in [-0.39, 0.29) is 5.92 Å². The second-order valence-corrected chi connectivity index (χ2v) is 8.51. The second kappa shape index (κ2) is 12.2. The zero-order chi connectivity index (χ0) is 18.8. The Hall–Kier alpha value is -0.160. The minimum Gasteiger partial charge on any atom is -0.384 e. The van der Waals surface area contributed by atoms with E-state index in [0.717, 1.165) is 24.7 Å². The zero-order valence-electron chi connectivity index (χ0n) is 16.5. The maximum absolute atomic E-state index is 9.58. The fourth-order valence-electron chi connectivity index (χ4n) is 3.31. The molecule has 0 aromatic rings. The first-order valence-electron chi connectivity index (χ1n) is 9.89. The normalized spacial score (nSPS) is 17.8. The van der Waals surface area contributed by atoms with Gasteiger partial charge in [-0.15, -0.1) is 0 Å². The average molecular weight is 347 g/mol. The van der Waals surface area contributed by atoms with Gasteiger partial charge in [0.1, 0.15) is 6.10 Å². The van der Waals surface area contributed by atoms with Gasteiger partial charge in [-0.25, -0.2) is 0 Å². The predicted octanol–water partition coefficient (Wildman–Crippen LogP) is 4.05. The molecule has 0 aliphatic heterocycles. The number of aliphatic hydroxyl groups is 4. The molecular weight excluding hydrogens is 304 g/mol. The van der Waals surface area contributed by atoms with Crippen LogP contribution in [0.3, 0.4) is 0 Å². The molecule has 0 saturated heterocycles. The first kappa shape index (κ1) is 23.8. The van der Waals surface area contributed by atoms with Gasteiger partial charge >= 0.3 is 5.97 Å². The van der Waals surface area contributed by atoms with Gasteiger partial charge in [0.15, 0.2) is 0 Å². The van der Waals surface area contributed by atoms with Crippen molar-refractivity contribution >= 4 is 0 Å². The highest BCUT2D eigenvalue weighted by Crippen LogP contribution is 2.24. The molecule has 0 radical (unpaired) electrons. The summed E-state index contributed by atoms with van der Waals surface area (Å²) in [6.45, 7) is 10.9. The molecule has 0 aliphatic carbocycles. The SMILES string of the molecule is CC(C)CCCC(C)CCCC(C)CCCC(C)C(O)C(O)(O)O. The van der Waals surface area contributed by atoms with Crippen molar-refractivity contribution in [1.82, 2.24) is 0 Å². The van der Waals surface area contributed by atoms with Crippen LogP contribution in [-0.4, -0.2) is 32.5 Å². The van der Waals surface area contributed by atoms with Crippen LogP contribution < -0.4 is 0 Å².